The predicted octanol–water partition coefficient (Wildman–Crippen LogP) is 2.78. The molecule has 0 saturated heterocycles. The maximum atomic E-state index is 12.5. The Morgan fingerprint density at radius 1 is 1.06 bits per heavy atom. The summed E-state index contributed by atoms with van der Waals surface area (Å²) in [5.74, 6) is 3.36. The van der Waals surface area contributed by atoms with Crippen molar-refractivity contribution >= 4 is 5.91 Å². The lowest BCUT2D eigenvalue weighted by atomic mass is 10.1. The second kappa shape index (κ2) is 8.29. The fourth-order valence-electron chi connectivity index (χ4n) is 3.85. The van der Waals surface area contributed by atoms with E-state index in [1.807, 2.05) is 36.4 Å². The van der Waals surface area contributed by atoms with Crippen molar-refractivity contribution in [2.24, 2.45) is 0 Å². The van der Waals surface area contributed by atoms with Gasteiger partial charge < -0.3 is 23.5 Å². The zero-order chi connectivity index (χ0) is 21.2. The molecular weight excluding hydrogens is 398 g/mol. The van der Waals surface area contributed by atoms with E-state index in [9.17, 15) is 4.79 Å². The Morgan fingerprint density at radius 2 is 1.90 bits per heavy atom. The van der Waals surface area contributed by atoms with Gasteiger partial charge in [0.15, 0.2) is 11.5 Å². The fourth-order valence-corrected chi connectivity index (χ4v) is 3.85. The summed E-state index contributed by atoms with van der Waals surface area (Å²) in [6, 6.07) is 13.7. The highest BCUT2D eigenvalue weighted by molar-refractivity contribution is 5.76. The highest BCUT2D eigenvalue weighted by Crippen LogP contribution is 2.33. The number of aromatic nitrogens is 2. The number of likely N-dealkylation sites (N-methyl/N-ethyl adjacent to an activating group) is 1. The molecular formula is C23H23N3O5. The van der Waals surface area contributed by atoms with Crippen molar-refractivity contribution < 1.29 is 23.4 Å². The number of nitrogens with zero attached hydrogens (tertiary/aromatic N) is 3. The lowest BCUT2D eigenvalue weighted by Gasteiger charge is -2.20. The number of rotatable bonds is 7. The highest BCUT2D eigenvalue weighted by Gasteiger charge is 2.25. The maximum Gasteiger partial charge on any atom is 0.231 e. The summed E-state index contributed by atoms with van der Waals surface area (Å²) < 4.78 is 22.4. The third-order valence-electron chi connectivity index (χ3n) is 5.47. The second-order valence-corrected chi connectivity index (χ2v) is 7.78. The van der Waals surface area contributed by atoms with Gasteiger partial charge in [0.2, 0.25) is 24.5 Å². The Kier molecular flexibility index (Phi) is 5.19. The summed E-state index contributed by atoms with van der Waals surface area (Å²) >= 11 is 0. The molecule has 8 heteroatoms. The van der Waals surface area contributed by atoms with Crippen molar-refractivity contribution in [1.82, 2.24) is 15.1 Å². The van der Waals surface area contributed by atoms with E-state index >= 15 is 0 Å². The zero-order valence-electron chi connectivity index (χ0n) is 17.2. The number of carbonyl (C=O) groups is 1. The van der Waals surface area contributed by atoms with E-state index in [0.717, 1.165) is 29.2 Å². The first-order chi connectivity index (χ1) is 15.1. The normalized spacial score (nSPS) is 16.1. The van der Waals surface area contributed by atoms with Crippen molar-refractivity contribution in [3.8, 4) is 17.2 Å². The molecule has 1 aromatic heterocycles. The van der Waals surface area contributed by atoms with E-state index in [4.69, 9.17) is 18.6 Å². The first kappa shape index (κ1) is 19.4. The Balaban J connectivity index is 1.10. The van der Waals surface area contributed by atoms with Crippen molar-refractivity contribution in [3.05, 3.63) is 65.4 Å². The standard InChI is InChI=1S/C23H23N3O5/c1-26(13-17-12-16-4-2-3-5-18(16)30-17)23(27)9-8-21-24-25-22(31-21)11-15-6-7-19-20(10-15)29-14-28-19/h2-7,10,17H,8-9,11-14H2,1H3. The van der Waals surface area contributed by atoms with Gasteiger partial charge in [0.1, 0.15) is 11.9 Å². The number of ether oxygens (including phenoxy) is 3. The summed E-state index contributed by atoms with van der Waals surface area (Å²) in [6.45, 7) is 0.790. The lowest BCUT2D eigenvalue weighted by molar-refractivity contribution is -0.130. The van der Waals surface area contributed by atoms with Crippen LogP contribution in [0.5, 0.6) is 17.2 Å². The van der Waals surface area contributed by atoms with Crippen LogP contribution in [0, 0.1) is 0 Å². The van der Waals surface area contributed by atoms with Crippen LogP contribution in [0.3, 0.4) is 0 Å². The minimum atomic E-state index is -0.0111. The number of amides is 1. The molecule has 5 rings (SSSR count). The molecule has 1 amide bonds. The Labute approximate surface area is 179 Å². The third kappa shape index (κ3) is 4.33. The molecule has 31 heavy (non-hydrogen) atoms. The highest BCUT2D eigenvalue weighted by atomic mass is 16.7. The van der Waals surface area contributed by atoms with Gasteiger partial charge in [-0.15, -0.1) is 10.2 Å². The Morgan fingerprint density at radius 3 is 2.81 bits per heavy atom. The van der Waals surface area contributed by atoms with Crippen molar-refractivity contribution in [1.29, 1.82) is 0 Å². The van der Waals surface area contributed by atoms with Gasteiger partial charge in [-0.2, -0.15) is 0 Å². The van der Waals surface area contributed by atoms with Gasteiger partial charge in [0.05, 0.1) is 13.0 Å². The molecule has 0 fully saturated rings. The number of carbonyl (C=O) groups excluding carboxylic acids is 1. The van der Waals surface area contributed by atoms with Crippen LogP contribution >= 0.6 is 0 Å². The quantitative estimate of drug-likeness (QED) is 0.580. The smallest absolute Gasteiger partial charge is 0.231 e. The average molecular weight is 421 g/mol. The van der Waals surface area contributed by atoms with Gasteiger partial charge in [0.25, 0.3) is 0 Å². The molecule has 2 aliphatic heterocycles. The van der Waals surface area contributed by atoms with Crippen LogP contribution in [0.2, 0.25) is 0 Å². The van der Waals surface area contributed by atoms with Crippen molar-refractivity contribution in [2.75, 3.05) is 20.4 Å². The largest absolute Gasteiger partial charge is 0.488 e. The molecule has 1 unspecified atom stereocenters. The van der Waals surface area contributed by atoms with Gasteiger partial charge in [-0.1, -0.05) is 24.3 Å². The minimum Gasteiger partial charge on any atom is -0.488 e. The van der Waals surface area contributed by atoms with Crippen LogP contribution < -0.4 is 14.2 Å². The van der Waals surface area contributed by atoms with Crippen LogP contribution in [-0.4, -0.2) is 47.5 Å². The molecule has 0 spiro atoms. The fraction of sp³-hybridized carbons (Fsp3) is 0.348. The molecule has 8 nitrogen and oxygen atoms in total. The number of hydrogen-bond donors (Lipinski definition) is 0. The molecule has 2 aromatic carbocycles. The third-order valence-corrected chi connectivity index (χ3v) is 5.47. The molecule has 0 N–H and O–H groups in total. The molecule has 3 aromatic rings. The average Bonchev–Trinajstić information content (AvgIpc) is 3.50. The number of aryl methyl sites for hydroxylation is 1. The lowest BCUT2D eigenvalue weighted by Crippen LogP contribution is -2.36. The van der Waals surface area contributed by atoms with E-state index in [-0.39, 0.29) is 18.8 Å². The zero-order valence-corrected chi connectivity index (χ0v) is 17.2. The number of benzene rings is 2. The van der Waals surface area contributed by atoms with E-state index in [0.29, 0.717) is 37.6 Å². The van der Waals surface area contributed by atoms with Gasteiger partial charge in [-0.3, -0.25) is 4.79 Å². The summed E-state index contributed by atoms with van der Waals surface area (Å²) in [7, 11) is 1.80. The number of fused-ring (bicyclic) bond motifs is 2. The Hall–Kier alpha value is -3.55. The van der Waals surface area contributed by atoms with Crippen molar-refractivity contribution in [3.63, 3.8) is 0 Å². The van der Waals surface area contributed by atoms with Crippen LogP contribution in [0.15, 0.2) is 46.9 Å². The predicted molar refractivity (Wildman–Crippen MR) is 110 cm³/mol. The number of para-hydroxylation sites is 1. The molecule has 1 atom stereocenters. The SMILES string of the molecule is CN(CC1Cc2ccccc2O1)C(=O)CCc1nnc(Cc2ccc3c(c2)OCO3)o1. The number of hydrogen-bond acceptors (Lipinski definition) is 7. The molecule has 0 bridgehead atoms. The Bertz CT molecular complexity index is 1070. The van der Waals surface area contributed by atoms with E-state index in [1.54, 1.807) is 11.9 Å². The first-order valence-corrected chi connectivity index (χ1v) is 10.3. The summed E-state index contributed by atoms with van der Waals surface area (Å²) in [6.07, 6.45) is 2.02. The summed E-state index contributed by atoms with van der Waals surface area (Å²) in [5.41, 5.74) is 2.18. The molecule has 160 valence electrons. The van der Waals surface area contributed by atoms with Crippen molar-refractivity contribution in [2.45, 2.75) is 31.8 Å². The van der Waals surface area contributed by atoms with Gasteiger partial charge in [0, 0.05) is 26.3 Å². The topological polar surface area (TPSA) is 86.9 Å². The summed E-state index contributed by atoms with van der Waals surface area (Å²) in [5, 5.41) is 8.18. The minimum absolute atomic E-state index is 0.0111. The van der Waals surface area contributed by atoms with E-state index in [2.05, 4.69) is 16.3 Å². The molecule has 0 saturated carbocycles. The maximum absolute atomic E-state index is 12.5. The van der Waals surface area contributed by atoms with Gasteiger partial charge in [-0.25, -0.2) is 0 Å². The van der Waals surface area contributed by atoms with E-state index < -0.39 is 0 Å². The van der Waals surface area contributed by atoms with Gasteiger partial charge in [-0.05, 0) is 29.3 Å². The second-order valence-electron chi connectivity index (χ2n) is 7.78. The van der Waals surface area contributed by atoms with Crippen LogP contribution in [-0.2, 0) is 24.1 Å². The molecule has 3 heterocycles. The van der Waals surface area contributed by atoms with Gasteiger partial charge >= 0.3 is 0 Å². The summed E-state index contributed by atoms with van der Waals surface area (Å²) in [4.78, 5) is 14.2. The van der Waals surface area contributed by atoms with Crippen LogP contribution in [0.4, 0.5) is 0 Å². The molecule has 0 radical (unpaired) electrons. The molecule has 2 aliphatic rings. The van der Waals surface area contributed by atoms with E-state index in [1.165, 1.54) is 5.56 Å². The monoisotopic (exact) mass is 421 g/mol. The van der Waals surface area contributed by atoms with Crippen LogP contribution in [0.1, 0.15) is 29.3 Å². The van der Waals surface area contributed by atoms with Crippen LogP contribution in [0.25, 0.3) is 0 Å². The molecule has 0 aliphatic carbocycles. The first-order valence-electron chi connectivity index (χ1n) is 10.3.